The maximum absolute atomic E-state index is 12.9. The van der Waals surface area contributed by atoms with Crippen molar-refractivity contribution in [3.05, 3.63) is 36.5 Å². The van der Waals surface area contributed by atoms with E-state index in [9.17, 15) is 19.4 Å². The number of allylic oxidation sites excluding steroid dienone is 5. The number of rotatable bonds is 45. The van der Waals surface area contributed by atoms with Crippen LogP contribution in [0, 0.1) is 0 Å². The number of unbranched alkanes of at least 4 members (excludes halogenated alkanes) is 28. The molecule has 1 amide bonds. The number of aliphatic hydroxyl groups is 1. The molecule has 0 radical (unpaired) electrons. The molecule has 0 aliphatic rings. The summed E-state index contributed by atoms with van der Waals surface area (Å²) in [6.07, 6.45) is 52.1. The standard InChI is InChI=1S/C50H97N2O6P/c1-6-8-10-12-14-16-18-20-22-24-26-27-29-31-33-35-37-39-41-43-49(53)48(47-58-59(55,56)57-46-45-52(3,4)5)51-50(54)44-42-40-38-36-34-32-30-28-25-23-21-19-17-15-13-11-9-7-2/h17,19,23,25,41,43,48-49,53H,6-16,18,20-22,24,26-40,42,44-47H2,1-5H3,(H-,51,54,55,56)/p+1/b19-17-,25-23-,43-41+. The van der Waals surface area contributed by atoms with Crippen molar-refractivity contribution in [2.45, 2.75) is 238 Å². The van der Waals surface area contributed by atoms with E-state index in [0.717, 1.165) is 51.4 Å². The molecule has 0 aliphatic heterocycles. The third kappa shape index (κ3) is 44.6. The van der Waals surface area contributed by atoms with Gasteiger partial charge in [-0.05, 0) is 51.4 Å². The van der Waals surface area contributed by atoms with Gasteiger partial charge in [-0.25, -0.2) is 4.57 Å². The van der Waals surface area contributed by atoms with Crippen LogP contribution in [0.1, 0.15) is 226 Å². The van der Waals surface area contributed by atoms with Gasteiger partial charge in [0.1, 0.15) is 13.2 Å². The van der Waals surface area contributed by atoms with Gasteiger partial charge in [-0.15, -0.1) is 0 Å². The number of hydrogen-bond donors (Lipinski definition) is 3. The maximum Gasteiger partial charge on any atom is 0.472 e. The van der Waals surface area contributed by atoms with Crippen molar-refractivity contribution in [3.63, 3.8) is 0 Å². The van der Waals surface area contributed by atoms with Crippen LogP contribution in [-0.2, 0) is 18.4 Å². The normalized spacial score (nSPS) is 14.5. The van der Waals surface area contributed by atoms with Gasteiger partial charge < -0.3 is 19.8 Å². The summed E-state index contributed by atoms with van der Waals surface area (Å²) < 4.78 is 23.6. The largest absolute Gasteiger partial charge is 0.472 e. The van der Waals surface area contributed by atoms with Crippen LogP contribution in [0.15, 0.2) is 36.5 Å². The Bertz CT molecular complexity index is 1060. The Morgan fingerprint density at radius 2 is 0.966 bits per heavy atom. The van der Waals surface area contributed by atoms with E-state index in [1.807, 2.05) is 27.2 Å². The zero-order valence-corrected chi connectivity index (χ0v) is 40.4. The van der Waals surface area contributed by atoms with Gasteiger partial charge in [-0.2, -0.15) is 0 Å². The Balaban J connectivity index is 4.36. The molecule has 0 bridgehead atoms. The smallest absolute Gasteiger partial charge is 0.387 e. The molecule has 0 aromatic rings. The monoisotopic (exact) mass is 854 g/mol. The Morgan fingerprint density at radius 3 is 1.41 bits per heavy atom. The number of quaternary nitrogens is 1. The fourth-order valence-corrected chi connectivity index (χ4v) is 7.87. The zero-order chi connectivity index (χ0) is 43.6. The Labute approximate surface area is 366 Å². The quantitative estimate of drug-likeness (QED) is 0.0244. The molecule has 0 saturated heterocycles. The van der Waals surface area contributed by atoms with Gasteiger partial charge in [-0.1, -0.05) is 204 Å². The maximum atomic E-state index is 12.9. The first-order valence-electron chi connectivity index (χ1n) is 24.9. The summed E-state index contributed by atoms with van der Waals surface area (Å²) in [6, 6.07) is -0.850. The Morgan fingerprint density at radius 1 is 0.576 bits per heavy atom. The topological polar surface area (TPSA) is 105 Å². The number of hydrogen-bond acceptors (Lipinski definition) is 5. The number of aliphatic hydroxyl groups excluding tert-OH is 1. The van der Waals surface area contributed by atoms with E-state index >= 15 is 0 Å². The van der Waals surface area contributed by atoms with E-state index in [2.05, 4.69) is 43.5 Å². The lowest BCUT2D eigenvalue weighted by atomic mass is 10.0. The SMILES string of the molecule is CCCCCC/C=C\C/C=C\CCCCCCCCCC(=O)NC(COP(=O)(O)OCC[N+](C)(C)C)C(O)/C=C/CCCCCCCCCCCCCCCCCCC. The average molecular weight is 854 g/mol. The molecule has 0 aliphatic carbocycles. The van der Waals surface area contributed by atoms with Gasteiger partial charge in [-0.3, -0.25) is 13.8 Å². The molecule has 8 nitrogen and oxygen atoms in total. The van der Waals surface area contributed by atoms with E-state index in [4.69, 9.17) is 9.05 Å². The molecule has 348 valence electrons. The highest BCUT2D eigenvalue weighted by Gasteiger charge is 2.27. The van der Waals surface area contributed by atoms with Crippen molar-refractivity contribution in [2.24, 2.45) is 0 Å². The summed E-state index contributed by atoms with van der Waals surface area (Å²) in [5.41, 5.74) is 0. The highest BCUT2D eigenvalue weighted by Crippen LogP contribution is 2.43. The first kappa shape index (κ1) is 57.7. The third-order valence-corrected chi connectivity index (χ3v) is 12.1. The highest BCUT2D eigenvalue weighted by molar-refractivity contribution is 7.47. The van der Waals surface area contributed by atoms with Crippen molar-refractivity contribution >= 4 is 13.7 Å². The summed E-state index contributed by atoms with van der Waals surface area (Å²) >= 11 is 0. The van der Waals surface area contributed by atoms with E-state index in [-0.39, 0.29) is 19.1 Å². The van der Waals surface area contributed by atoms with Gasteiger partial charge in [0.05, 0.1) is 39.9 Å². The van der Waals surface area contributed by atoms with E-state index < -0.39 is 20.0 Å². The van der Waals surface area contributed by atoms with Crippen LogP contribution in [0.2, 0.25) is 0 Å². The van der Waals surface area contributed by atoms with E-state index in [0.29, 0.717) is 17.4 Å². The lowest BCUT2D eigenvalue weighted by Crippen LogP contribution is -2.45. The number of carbonyl (C=O) groups excluding carboxylic acids is 1. The summed E-state index contributed by atoms with van der Waals surface area (Å²) in [5.74, 6) is -0.184. The van der Waals surface area contributed by atoms with Crippen LogP contribution in [0.3, 0.4) is 0 Å². The van der Waals surface area contributed by atoms with Crippen LogP contribution in [0.4, 0.5) is 0 Å². The van der Waals surface area contributed by atoms with Crippen LogP contribution in [0.5, 0.6) is 0 Å². The number of nitrogens with one attached hydrogen (secondary N) is 1. The fourth-order valence-electron chi connectivity index (χ4n) is 7.13. The second-order valence-electron chi connectivity index (χ2n) is 18.2. The average Bonchev–Trinajstić information content (AvgIpc) is 3.19. The van der Waals surface area contributed by atoms with Crippen molar-refractivity contribution < 1.29 is 32.9 Å². The van der Waals surface area contributed by atoms with Crippen LogP contribution < -0.4 is 5.32 Å². The molecule has 3 atom stereocenters. The molecular weight excluding hydrogens is 756 g/mol. The molecule has 0 rings (SSSR count). The lowest BCUT2D eigenvalue weighted by Gasteiger charge is -2.25. The van der Waals surface area contributed by atoms with Gasteiger partial charge >= 0.3 is 7.82 Å². The van der Waals surface area contributed by atoms with Crippen LogP contribution in [-0.4, -0.2) is 73.4 Å². The number of likely N-dealkylation sites (N-methyl/N-ethyl adjacent to an activating group) is 1. The van der Waals surface area contributed by atoms with E-state index in [1.165, 1.54) is 154 Å². The summed E-state index contributed by atoms with van der Waals surface area (Å²) in [6.45, 7) is 4.81. The minimum atomic E-state index is -4.34. The van der Waals surface area contributed by atoms with Crippen molar-refractivity contribution in [2.75, 3.05) is 40.9 Å². The fraction of sp³-hybridized carbons (Fsp3) is 0.860. The predicted octanol–water partition coefficient (Wildman–Crippen LogP) is 14.3. The second-order valence-corrected chi connectivity index (χ2v) is 19.6. The molecule has 3 N–H and O–H groups in total. The van der Waals surface area contributed by atoms with Gasteiger partial charge in [0, 0.05) is 6.42 Å². The van der Waals surface area contributed by atoms with Crippen molar-refractivity contribution in [3.8, 4) is 0 Å². The van der Waals surface area contributed by atoms with Gasteiger partial charge in [0.15, 0.2) is 0 Å². The molecule has 0 fully saturated rings. The zero-order valence-electron chi connectivity index (χ0n) is 39.5. The summed E-state index contributed by atoms with van der Waals surface area (Å²) in [4.78, 5) is 23.2. The first-order valence-corrected chi connectivity index (χ1v) is 26.4. The van der Waals surface area contributed by atoms with Gasteiger partial charge in [0.25, 0.3) is 0 Å². The highest BCUT2D eigenvalue weighted by atomic mass is 31.2. The first-order chi connectivity index (χ1) is 28.5. The number of phosphoric acid groups is 1. The number of amides is 1. The summed E-state index contributed by atoms with van der Waals surface area (Å²) in [5, 5.41) is 13.9. The molecule has 9 heteroatoms. The van der Waals surface area contributed by atoms with E-state index in [1.54, 1.807) is 6.08 Å². The van der Waals surface area contributed by atoms with Gasteiger partial charge in [0.2, 0.25) is 5.91 Å². The lowest BCUT2D eigenvalue weighted by molar-refractivity contribution is -0.870. The molecule has 3 unspecified atom stereocenters. The molecule has 59 heavy (non-hydrogen) atoms. The minimum absolute atomic E-state index is 0.0599. The second kappa shape index (κ2) is 42.0. The number of phosphoric ester groups is 1. The predicted molar refractivity (Wildman–Crippen MR) is 254 cm³/mol. The van der Waals surface area contributed by atoms with Crippen molar-refractivity contribution in [1.82, 2.24) is 5.32 Å². The molecule has 0 aromatic heterocycles. The Hall–Kier alpha value is -1.28. The molecular formula is C50H98N2O6P+. The number of carbonyl (C=O) groups is 1. The van der Waals surface area contributed by atoms with Crippen molar-refractivity contribution in [1.29, 1.82) is 0 Å². The molecule has 0 aromatic carbocycles. The number of nitrogens with zero attached hydrogens (tertiary/aromatic N) is 1. The summed E-state index contributed by atoms with van der Waals surface area (Å²) in [7, 11) is 1.57. The van der Waals surface area contributed by atoms with Crippen LogP contribution in [0.25, 0.3) is 0 Å². The minimum Gasteiger partial charge on any atom is -0.387 e. The molecule has 0 spiro atoms. The molecule has 0 heterocycles. The Kier molecular flexibility index (Phi) is 41.1. The molecule has 0 saturated carbocycles. The van der Waals surface area contributed by atoms with Crippen LogP contribution >= 0.6 is 7.82 Å². The third-order valence-electron chi connectivity index (χ3n) is 11.1.